The second-order valence-corrected chi connectivity index (χ2v) is 7.24. The van der Waals surface area contributed by atoms with Crippen molar-refractivity contribution in [2.45, 2.75) is 31.4 Å². The van der Waals surface area contributed by atoms with Gasteiger partial charge in [0, 0.05) is 18.6 Å². The van der Waals surface area contributed by atoms with E-state index < -0.39 is 10.0 Å². The topological polar surface area (TPSA) is 66.4 Å². The minimum atomic E-state index is -3.33. The molecule has 1 aromatic rings. The standard InChI is InChI=1S/C14H21NO3S/c16-12-14(8-4-5-9-14)11-15-19(17,18)10-13-6-2-1-3-7-13/h1-3,6-7,15-16H,4-5,8-12H2. The maximum atomic E-state index is 12.0. The Morgan fingerprint density at radius 2 is 1.79 bits per heavy atom. The monoisotopic (exact) mass is 283 g/mol. The lowest BCUT2D eigenvalue weighted by Crippen LogP contribution is -2.38. The molecule has 2 N–H and O–H groups in total. The molecular formula is C14H21NO3S. The lowest BCUT2D eigenvalue weighted by atomic mass is 9.88. The third kappa shape index (κ3) is 4.03. The van der Waals surface area contributed by atoms with E-state index in [1.807, 2.05) is 18.2 Å². The summed E-state index contributed by atoms with van der Waals surface area (Å²) in [6.07, 6.45) is 3.94. The van der Waals surface area contributed by atoms with Crippen molar-refractivity contribution < 1.29 is 13.5 Å². The molecule has 0 heterocycles. The minimum absolute atomic E-state index is 0.00461. The lowest BCUT2D eigenvalue weighted by molar-refractivity contribution is 0.134. The highest BCUT2D eigenvalue weighted by atomic mass is 32.2. The van der Waals surface area contributed by atoms with Crippen LogP contribution >= 0.6 is 0 Å². The zero-order valence-corrected chi connectivity index (χ0v) is 11.8. The molecule has 0 amide bonds. The Bertz CT molecular complexity index is 493. The zero-order valence-electron chi connectivity index (χ0n) is 11.0. The molecule has 0 spiro atoms. The second kappa shape index (κ2) is 6.03. The van der Waals surface area contributed by atoms with Crippen molar-refractivity contribution in [3.8, 4) is 0 Å². The van der Waals surface area contributed by atoms with Crippen LogP contribution in [0.3, 0.4) is 0 Å². The Hall–Kier alpha value is -0.910. The summed E-state index contributed by atoms with van der Waals surface area (Å²) in [5.74, 6) is -0.00461. The van der Waals surface area contributed by atoms with Gasteiger partial charge < -0.3 is 5.11 Å². The van der Waals surface area contributed by atoms with Crippen LogP contribution in [0.25, 0.3) is 0 Å². The van der Waals surface area contributed by atoms with Crippen LogP contribution < -0.4 is 4.72 Å². The van der Waals surface area contributed by atoms with Crippen molar-refractivity contribution in [1.29, 1.82) is 0 Å². The van der Waals surface area contributed by atoms with Gasteiger partial charge >= 0.3 is 0 Å². The minimum Gasteiger partial charge on any atom is -0.396 e. The van der Waals surface area contributed by atoms with Gasteiger partial charge in [-0.1, -0.05) is 43.2 Å². The molecule has 4 nitrogen and oxygen atoms in total. The molecule has 19 heavy (non-hydrogen) atoms. The van der Waals surface area contributed by atoms with Crippen molar-refractivity contribution in [2.24, 2.45) is 5.41 Å². The number of aliphatic hydroxyl groups excluding tert-OH is 1. The first-order valence-corrected chi connectivity index (χ1v) is 8.33. The van der Waals surface area contributed by atoms with Gasteiger partial charge in [0.1, 0.15) is 0 Å². The smallest absolute Gasteiger partial charge is 0.215 e. The molecule has 1 aliphatic carbocycles. The third-order valence-electron chi connectivity index (χ3n) is 3.87. The Kier molecular flexibility index (Phi) is 4.60. The average Bonchev–Trinajstić information content (AvgIpc) is 2.87. The van der Waals surface area contributed by atoms with E-state index in [4.69, 9.17) is 0 Å². The largest absolute Gasteiger partial charge is 0.396 e. The Morgan fingerprint density at radius 3 is 2.37 bits per heavy atom. The summed E-state index contributed by atoms with van der Waals surface area (Å²) < 4.78 is 26.7. The predicted molar refractivity (Wildman–Crippen MR) is 75.1 cm³/mol. The van der Waals surface area contributed by atoms with Gasteiger partial charge in [-0.25, -0.2) is 13.1 Å². The van der Waals surface area contributed by atoms with E-state index in [9.17, 15) is 13.5 Å². The molecule has 106 valence electrons. The van der Waals surface area contributed by atoms with E-state index >= 15 is 0 Å². The molecule has 1 aromatic carbocycles. The Balaban J connectivity index is 1.94. The first-order valence-electron chi connectivity index (χ1n) is 6.67. The van der Waals surface area contributed by atoms with Gasteiger partial charge in [0.2, 0.25) is 10.0 Å². The molecule has 1 fully saturated rings. The second-order valence-electron chi connectivity index (χ2n) is 5.43. The number of aliphatic hydroxyl groups is 1. The molecule has 0 aliphatic heterocycles. The normalized spacial score (nSPS) is 18.6. The van der Waals surface area contributed by atoms with E-state index in [-0.39, 0.29) is 17.8 Å². The predicted octanol–water partition coefficient (Wildman–Crippen LogP) is 1.66. The number of nitrogens with one attached hydrogen (secondary N) is 1. The Labute approximate surface area is 114 Å². The molecule has 0 saturated heterocycles. The molecule has 0 atom stereocenters. The molecule has 0 aromatic heterocycles. The van der Waals surface area contributed by atoms with Crippen LogP contribution in [0.5, 0.6) is 0 Å². The van der Waals surface area contributed by atoms with E-state index in [0.717, 1.165) is 31.2 Å². The fourth-order valence-electron chi connectivity index (χ4n) is 2.62. The summed E-state index contributed by atoms with van der Waals surface area (Å²) >= 11 is 0. The summed E-state index contributed by atoms with van der Waals surface area (Å²) in [5, 5.41) is 9.47. The van der Waals surface area contributed by atoms with Crippen molar-refractivity contribution in [1.82, 2.24) is 4.72 Å². The van der Waals surface area contributed by atoms with Crippen molar-refractivity contribution in [3.63, 3.8) is 0 Å². The van der Waals surface area contributed by atoms with E-state index in [0.29, 0.717) is 6.54 Å². The van der Waals surface area contributed by atoms with Gasteiger partial charge in [-0.15, -0.1) is 0 Å². The first-order chi connectivity index (χ1) is 9.05. The fraction of sp³-hybridized carbons (Fsp3) is 0.571. The summed E-state index contributed by atoms with van der Waals surface area (Å²) in [6, 6.07) is 9.13. The molecule has 1 saturated carbocycles. The van der Waals surface area contributed by atoms with Crippen LogP contribution in [0.2, 0.25) is 0 Å². The van der Waals surface area contributed by atoms with Gasteiger partial charge in [-0.3, -0.25) is 0 Å². The van der Waals surface area contributed by atoms with E-state index in [2.05, 4.69) is 4.72 Å². The summed E-state index contributed by atoms with van der Waals surface area (Å²) in [7, 11) is -3.33. The number of rotatable bonds is 6. The van der Waals surface area contributed by atoms with Gasteiger partial charge in [0.05, 0.1) is 5.75 Å². The fourth-order valence-corrected chi connectivity index (χ4v) is 3.88. The van der Waals surface area contributed by atoms with Gasteiger partial charge in [0.25, 0.3) is 0 Å². The number of sulfonamides is 1. The zero-order chi connectivity index (χ0) is 13.8. The van der Waals surface area contributed by atoms with E-state index in [1.165, 1.54) is 0 Å². The van der Waals surface area contributed by atoms with Crippen LogP contribution in [-0.2, 0) is 15.8 Å². The number of benzene rings is 1. The SMILES string of the molecule is O=S(=O)(Cc1ccccc1)NCC1(CO)CCCC1. The average molecular weight is 283 g/mol. The highest BCUT2D eigenvalue weighted by Gasteiger charge is 2.34. The van der Waals surface area contributed by atoms with Gasteiger partial charge in [-0.2, -0.15) is 0 Å². The maximum Gasteiger partial charge on any atom is 0.215 e. The van der Waals surface area contributed by atoms with Crippen LogP contribution in [0.1, 0.15) is 31.2 Å². The van der Waals surface area contributed by atoms with Crippen LogP contribution in [-0.4, -0.2) is 26.7 Å². The summed E-state index contributed by atoms with van der Waals surface area (Å²) in [6.45, 7) is 0.402. The maximum absolute atomic E-state index is 12.0. The molecular weight excluding hydrogens is 262 g/mol. The van der Waals surface area contributed by atoms with Crippen LogP contribution in [0, 0.1) is 5.41 Å². The highest BCUT2D eigenvalue weighted by Crippen LogP contribution is 2.37. The molecule has 5 heteroatoms. The third-order valence-corrected chi connectivity index (χ3v) is 5.16. The van der Waals surface area contributed by atoms with E-state index in [1.54, 1.807) is 12.1 Å². The van der Waals surface area contributed by atoms with Crippen molar-refractivity contribution >= 4 is 10.0 Å². The van der Waals surface area contributed by atoms with Crippen molar-refractivity contribution in [2.75, 3.05) is 13.2 Å². The molecule has 0 radical (unpaired) electrons. The lowest BCUT2D eigenvalue weighted by Gasteiger charge is -2.26. The molecule has 2 rings (SSSR count). The molecule has 1 aliphatic rings. The summed E-state index contributed by atoms with van der Waals surface area (Å²) in [4.78, 5) is 0. The van der Waals surface area contributed by atoms with Gasteiger partial charge in [-0.05, 0) is 18.4 Å². The molecule has 0 unspecified atom stereocenters. The number of hydrogen-bond acceptors (Lipinski definition) is 3. The van der Waals surface area contributed by atoms with Crippen LogP contribution in [0.4, 0.5) is 0 Å². The van der Waals surface area contributed by atoms with Crippen molar-refractivity contribution in [3.05, 3.63) is 35.9 Å². The quantitative estimate of drug-likeness (QED) is 0.834. The van der Waals surface area contributed by atoms with Crippen LogP contribution in [0.15, 0.2) is 30.3 Å². The van der Waals surface area contributed by atoms with Gasteiger partial charge in [0.15, 0.2) is 0 Å². The highest BCUT2D eigenvalue weighted by molar-refractivity contribution is 7.88. The Morgan fingerprint density at radius 1 is 1.16 bits per heavy atom. The first kappa shape index (κ1) is 14.5. The number of hydrogen-bond donors (Lipinski definition) is 2. The summed E-state index contributed by atoms with van der Waals surface area (Å²) in [5.41, 5.74) is 0.531. The molecule has 0 bridgehead atoms.